The number of anilines is 1. The average Bonchev–Trinajstić information content (AvgIpc) is 2.81. The lowest BCUT2D eigenvalue weighted by molar-refractivity contribution is 0.218. The molecule has 2 aliphatic rings. The van der Waals surface area contributed by atoms with E-state index in [1.807, 2.05) is 0 Å². The van der Waals surface area contributed by atoms with Gasteiger partial charge in [-0.1, -0.05) is 36.4 Å². The van der Waals surface area contributed by atoms with Crippen molar-refractivity contribution in [1.82, 2.24) is 4.98 Å². The molecule has 0 radical (unpaired) electrons. The summed E-state index contributed by atoms with van der Waals surface area (Å²) >= 11 is 0. The molecule has 0 N–H and O–H groups in total. The molecular formula is C22H22N2O. The second-order valence-electron chi connectivity index (χ2n) is 7.14. The number of aromatic nitrogens is 1. The van der Waals surface area contributed by atoms with Crippen LogP contribution in [0.25, 0.3) is 10.9 Å². The quantitative estimate of drug-likeness (QED) is 0.647. The number of rotatable bonds is 1. The number of hydrogen-bond acceptors (Lipinski definition) is 3. The molecule has 1 unspecified atom stereocenters. The van der Waals surface area contributed by atoms with Gasteiger partial charge in [-0.05, 0) is 48.9 Å². The summed E-state index contributed by atoms with van der Waals surface area (Å²) in [6, 6.07) is 16.8. The zero-order chi connectivity index (χ0) is 16.8. The van der Waals surface area contributed by atoms with Crippen molar-refractivity contribution in [2.45, 2.75) is 31.8 Å². The highest BCUT2D eigenvalue weighted by Crippen LogP contribution is 2.43. The summed E-state index contributed by atoms with van der Waals surface area (Å²) < 4.78 is 6.49. The standard InChI is InChI=1S/C22H22N2O/c1-24-14-20(15-8-3-2-4-9-15)25-19-13-7-12-18-21(19)22(24)16-10-5-6-11-17(16)23-18/h2-4,7-9,12-13,20H,5-6,10-11,14H2,1H3. The van der Waals surface area contributed by atoms with E-state index in [1.165, 1.54) is 40.7 Å². The molecule has 0 saturated heterocycles. The van der Waals surface area contributed by atoms with Crippen LogP contribution >= 0.6 is 0 Å². The van der Waals surface area contributed by atoms with Crippen LogP contribution in [0.1, 0.15) is 35.8 Å². The third kappa shape index (κ3) is 2.38. The summed E-state index contributed by atoms with van der Waals surface area (Å²) in [7, 11) is 2.20. The Morgan fingerprint density at radius 3 is 2.72 bits per heavy atom. The Hall–Kier alpha value is -2.55. The number of ether oxygens (including phenoxy) is 1. The Kier molecular flexibility index (Phi) is 3.40. The third-order valence-corrected chi connectivity index (χ3v) is 5.48. The van der Waals surface area contributed by atoms with Crippen LogP contribution in [-0.4, -0.2) is 18.6 Å². The summed E-state index contributed by atoms with van der Waals surface area (Å²) in [5.41, 5.74) is 6.35. The Morgan fingerprint density at radius 1 is 1.00 bits per heavy atom. The maximum Gasteiger partial charge on any atom is 0.141 e. The van der Waals surface area contributed by atoms with Crippen LogP contribution in [0.4, 0.5) is 5.69 Å². The van der Waals surface area contributed by atoms with Gasteiger partial charge in [-0.25, -0.2) is 0 Å². The van der Waals surface area contributed by atoms with Crippen molar-refractivity contribution in [3.8, 4) is 5.75 Å². The highest BCUT2D eigenvalue weighted by Gasteiger charge is 2.28. The number of benzene rings is 2. The zero-order valence-electron chi connectivity index (χ0n) is 14.5. The summed E-state index contributed by atoms with van der Waals surface area (Å²) in [4.78, 5) is 7.38. The fourth-order valence-corrected chi connectivity index (χ4v) is 4.31. The smallest absolute Gasteiger partial charge is 0.141 e. The molecule has 3 heteroatoms. The molecule has 5 rings (SSSR count). The highest BCUT2D eigenvalue weighted by molar-refractivity contribution is 5.99. The molecule has 1 aromatic heterocycles. The number of nitrogens with zero attached hydrogens (tertiary/aromatic N) is 2. The third-order valence-electron chi connectivity index (χ3n) is 5.48. The molecule has 3 aromatic rings. The van der Waals surface area contributed by atoms with E-state index in [2.05, 4.69) is 60.5 Å². The first kappa shape index (κ1) is 14.8. The van der Waals surface area contributed by atoms with Crippen LogP contribution in [0.5, 0.6) is 5.75 Å². The molecule has 126 valence electrons. The van der Waals surface area contributed by atoms with E-state index in [4.69, 9.17) is 9.72 Å². The van der Waals surface area contributed by atoms with E-state index in [1.54, 1.807) is 0 Å². The Morgan fingerprint density at radius 2 is 1.84 bits per heavy atom. The van der Waals surface area contributed by atoms with E-state index in [9.17, 15) is 0 Å². The van der Waals surface area contributed by atoms with Crippen molar-refractivity contribution in [1.29, 1.82) is 0 Å². The number of likely N-dealkylation sites (N-methyl/N-ethyl adjacent to an activating group) is 1. The molecule has 0 spiro atoms. The summed E-state index contributed by atoms with van der Waals surface area (Å²) in [6.07, 6.45) is 4.76. The van der Waals surface area contributed by atoms with Crippen LogP contribution < -0.4 is 9.64 Å². The van der Waals surface area contributed by atoms with Gasteiger partial charge >= 0.3 is 0 Å². The Labute approximate surface area is 148 Å². The first-order valence-electron chi connectivity index (χ1n) is 9.18. The van der Waals surface area contributed by atoms with Crippen molar-refractivity contribution < 1.29 is 4.74 Å². The maximum absolute atomic E-state index is 6.49. The molecule has 3 nitrogen and oxygen atoms in total. The lowest BCUT2D eigenvalue weighted by Gasteiger charge is -2.27. The highest BCUT2D eigenvalue weighted by atomic mass is 16.5. The van der Waals surface area contributed by atoms with E-state index in [0.717, 1.165) is 30.7 Å². The van der Waals surface area contributed by atoms with Crippen LogP contribution in [0.15, 0.2) is 48.5 Å². The van der Waals surface area contributed by atoms with Crippen molar-refractivity contribution in [3.63, 3.8) is 0 Å². The van der Waals surface area contributed by atoms with Crippen molar-refractivity contribution in [2.75, 3.05) is 18.5 Å². The van der Waals surface area contributed by atoms with Gasteiger partial charge in [0.05, 0.1) is 23.1 Å². The van der Waals surface area contributed by atoms with Gasteiger partial charge in [-0.15, -0.1) is 0 Å². The van der Waals surface area contributed by atoms with Crippen LogP contribution in [0, 0.1) is 0 Å². The normalized spacial score (nSPS) is 19.2. The van der Waals surface area contributed by atoms with Gasteiger partial charge in [0.2, 0.25) is 0 Å². The average molecular weight is 330 g/mol. The molecule has 25 heavy (non-hydrogen) atoms. The largest absolute Gasteiger partial charge is 0.483 e. The van der Waals surface area contributed by atoms with Gasteiger partial charge in [-0.3, -0.25) is 4.98 Å². The second kappa shape index (κ2) is 5.76. The zero-order valence-corrected chi connectivity index (χ0v) is 14.5. The minimum atomic E-state index is 0.0310. The minimum Gasteiger partial charge on any atom is -0.483 e. The molecule has 0 saturated carbocycles. The van der Waals surface area contributed by atoms with E-state index in [0.29, 0.717) is 0 Å². The van der Waals surface area contributed by atoms with E-state index < -0.39 is 0 Å². The first-order chi connectivity index (χ1) is 12.3. The van der Waals surface area contributed by atoms with E-state index in [-0.39, 0.29) is 6.10 Å². The number of aryl methyl sites for hydroxylation is 1. The van der Waals surface area contributed by atoms with Gasteiger partial charge in [0.1, 0.15) is 11.9 Å². The van der Waals surface area contributed by atoms with Gasteiger partial charge < -0.3 is 9.64 Å². The van der Waals surface area contributed by atoms with Crippen molar-refractivity contribution >= 4 is 16.6 Å². The molecule has 1 aliphatic heterocycles. The molecule has 0 fully saturated rings. The van der Waals surface area contributed by atoms with Crippen LogP contribution in [0.2, 0.25) is 0 Å². The molecule has 0 bridgehead atoms. The van der Waals surface area contributed by atoms with E-state index >= 15 is 0 Å². The van der Waals surface area contributed by atoms with Gasteiger partial charge in [0, 0.05) is 12.7 Å². The summed E-state index contributed by atoms with van der Waals surface area (Å²) in [6.45, 7) is 0.851. The lowest BCUT2D eigenvalue weighted by atomic mass is 9.92. The Bertz CT molecular complexity index is 936. The van der Waals surface area contributed by atoms with Gasteiger partial charge in [-0.2, -0.15) is 0 Å². The molecule has 2 aromatic carbocycles. The topological polar surface area (TPSA) is 25.4 Å². The predicted octanol–water partition coefficient (Wildman–Crippen LogP) is 4.68. The number of hydrogen-bond donors (Lipinski definition) is 0. The summed E-state index contributed by atoms with van der Waals surface area (Å²) in [5.74, 6) is 0.964. The predicted molar refractivity (Wildman–Crippen MR) is 101 cm³/mol. The maximum atomic E-state index is 6.49. The fraction of sp³-hybridized carbons (Fsp3) is 0.318. The van der Waals surface area contributed by atoms with Crippen LogP contribution in [-0.2, 0) is 12.8 Å². The number of pyridine rings is 1. The van der Waals surface area contributed by atoms with Gasteiger partial charge in [0.15, 0.2) is 0 Å². The summed E-state index contributed by atoms with van der Waals surface area (Å²) in [5, 5.41) is 1.18. The molecular weight excluding hydrogens is 308 g/mol. The van der Waals surface area contributed by atoms with Crippen molar-refractivity contribution in [2.24, 2.45) is 0 Å². The van der Waals surface area contributed by atoms with Crippen molar-refractivity contribution in [3.05, 3.63) is 65.4 Å². The van der Waals surface area contributed by atoms with Crippen LogP contribution in [0.3, 0.4) is 0 Å². The van der Waals surface area contributed by atoms with Gasteiger partial charge in [0.25, 0.3) is 0 Å². The minimum absolute atomic E-state index is 0.0310. The monoisotopic (exact) mass is 330 g/mol. The number of fused-ring (bicyclic) bond motifs is 2. The lowest BCUT2D eigenvalue weighted by Crippen LogP contribution is -2.27. The molecule has 0 amide bonds. The molecule has 1 aliphatic carbocycles. The molecule has 1 atom stereocenters. The molecule has 2 heterocycles. The fourth-order valence-electron chi connectivity index (χ4n) is 4.31. The second-order valence-corrected chi connectivity index (χ2v) is 7.14. The first-order valence-corrected chi connectivity index (χ1v) is 9.18. The SMILES string of the molecule is CN1CC(c2ccccc2)Oc2cccc3nc4c(c1c23)CCCC4. The Balaban J connectivity index is 1.72.